The Morgan fingerprint density at radius 3 is 2.76 bits per heavy atom. The fraction of sp³-hybridized carbons (Fsp3) is 0.400. The van der Waals surface area contributed by atoms with E-state index in [1.165, 1.54) is 23.5 Å². The predicted molar refractivity (Wildman–Crippen MR) is 68.7 cm³/mol. The van der Waals surface area contributed by atoms with Crippen molar-refractivity contribution >= 4 is 37.6 Å². The maximum atomic E-state index is 12.2. The van der Waals surface area contributed by atoms with E-state index in [1.807, 2.05) is 0 Å². The van der Waals surface area contributed by atoms with E-state index in [9.17, 15) is 8.42 Å². The Hall–Kier alpha value is -0.140. The Balaban J connectivity index is 2.26. The van der Waals surface area contributed by atoms with E-state index in [0.29, 0.717) is 22.6 Å². The zero-order valence-electron chi connectivity index (χ0n) is 9.06. The quantitative estimate of drug-likeness (QED) is 0.789. The highest BCUT2D eigenvalue weighted by molar-refractivity contribution is 9.10. The van der Waals surface area contributed by atoms with Gasteiger partial charge in [-0.05, 0) is 34.1 Å². The molecule has 0 spiro atoms. The lowest BCUT2D eigenvalue weighted by Gasteiger charge is -2.16. The van der Waals surface area contributed by atoms with Crippen LogP contribution >= 0.6 is 27.5 Å². The number of sulfonamides is 1. The Morgan fingerprint density at radius 1 is 1.59 bits per heavy atom. The molecule has 0 aliphatic carbocycles. The highest BCUT2D eigenvalue weighted by Crippen LogP contribution is 2.27. The van der Waals surface area contributed by atoms with Gasteiger partial charge in [0.2, 0.25) is 10.0 Å². The van der Waals surface area contributed by atoms with E-state index in [-0.39, 0.29) is 11.0 Å². The molecular weight excluding hydrogens is 330 g/mol. The summed E-state index contributed by atoms with van der Waals surface area (Å²) in [6.07, 6.45) is 0.0284. The molecule has 1 aromatic rings. The first-order valence-electron chi connectivity index (χ1n) is 4.94. The normalized spacial score (nSPS) is 19.6. The van der Waals surface area contributed by atoms with Crippen LogP contribution < -0.4 is 0 Å². The number of hydrogen-bond acceptors (Lipinski definition) is 3. The van der Waals surface area contributed by atoms with Gasteiger partial charge in [-0.25, -0.2) is 8.42 Å². The van der Waals surface area contributed by atoms with Gasteiger partial charge in [0, 0.05) is 18.1 Å². The molecule has 1 aliphatic heterocycles. The summed E-state index contributed by atoms with van der Waals surface area (Å²) in [7, 11) is -1.95. The van der Waals surface area contributed by atoms with Crippen molar-refractivity contribution in [3.8, 4) is 0 Å². The fourth-order valence-corrected chi connectivity index (χ4v) is 3.10. The molecule has 1 aliphatic rings. The van der Waals surface area contributed by atoms with Crippen LogP contribution in [0, 0.1) is 0 Å². The van der Waals surface area contributed by atoms with Crippen LogP contribution in [-0.2, 0) is 14.8 Å². The summed E-state index contributed by atoms with van der Waals surface area (Å²) in [4.78, 5) is 0.189. The van der Waals surface area contributed by atoms with Gasteiger partial charge >= 0.3 is 0 Å². The Morgan fingerprint density at radius 2 is 2.24 bits per heavy atom. The van der Waals surface area contributed by atoms with E-state index < -0.39 is 10.0 Å². The fourth-order valence-electron chi connectivity index (χ4n) is 1.38. The highest BCUT2D eigenvalue weighted by atomic mass is 79.9. The Kier molecular flexibility index (Phi) is 3.80. The number of nitrogens with zero attached hydrogens (tertiary/aromatic N) is 1. The lowest BCUT2D eigenvalue weighted by atomic mass is 10.4. The number of ether oxygens (including phenoxy) is 1. The molecule has 1 fully saturated rings. The molecule has 0 radical (unpaired) electrons. The zero-order valence-corrected chi connectivity index (χ0v) is 12.2. The van der Waals surface area contributed by atoms with E-state index >= 15 is 0 Å². The van der Waals surface area contributed by atoms with Gasteiger partial charge in [-0.2, -0.15) is 4.31 Å². The molecule has 0 aromatic heterocycles. The van der Waals surface area contributed by atoms with Crippen LogP contribution in [0.15, 0.2) is 27.6 Å². The minimum absolute atomic E-state index is 0.0284. The monoisotopic (exact) mass is 339 g/mol. The summed E-state index contributed by atoms with van der Waals surface area (Å²) >= 11 is 9.11. The van der Waals surface area contributed by atoms with Crippen molar-refractivity contribution in [1.29, 1.82) is 0 Å². The summed E-state index contributed by atoms with van der Waals surface area (Å²) in [5.74, 6) is 0. The molecule has 0 bridgehead atoms. The minimum atomic E-state index is -3.49. The van der Waals surface area contributed by atoms with E-state index in [4.69, 9.17) is 16.3 Å². The molecule has 1 heterocycles. The van der Waals surface area contributed by atoms with Crippen LogP contribution in [0.2, 0.25) is 5.02 Å². The summed E-state index contributed by atoms with van der Waals surface area (Å²) in [5.41, 5.74) is 0. The lowest BCUT2D eigenvalue weighted by molar-refractivity contribution is 0.359. The predicted octanol–water partition coefficient (Wildman–Crippen LogP) is 2.12. The second-order valence-corrected chi connectivity index (χ2v) is 7.12. The van der Waals surface area contributed by atoms with Crippen LogP contribution in [0.1, 0.15) is 0 Å². The van der Waals surface area contributed by atoms with Crippen LogP contribution in [0.3, 0.4) is 0 Å². The SMILES string of the molecule is CN(CC1CO1)S(=O)(=O)c1ccc(Br)c(Cl)c1. The smallest absolute Gasteiger partial charge is 0.242 e. The van der Waals surface area contributed by atoms with Gasteiger partial charge in [-0.1, -0.05) is 11.6 Å². The van der Waals surface area contributed by atoms with Crippen LogP contribution in [0.5, 0.6) is 0 Å². The summed E-state index contributed by atoms with van der Waals surface area (Å²) < 4.78 is 31.3. The first-order chi connectivity index (χ1) is 7.91. The molecule has 0 amide bonds. The average molecular weight is 341 g/mol. The van der Waals surface area contributed by atoms with Crippen molar-refractivity contribution in [2.24, 2.45) is 0 Å². The number of hydrogen-bond donors (Lipinski definition) is 0. The number of benzene rings is 1. The third kappa shape index (κ3) is 3.00. The van der Waals surface area contributed by atoms with Gasteiger partial charge in [0.1, 0.15) is 0 Å². The maximum Gasteiger partial charge on any atom is 0.242 e. The molecule has 0 N–H and O–H groups in total. The third-order valence-corrected chi connectivity index (χ3v) is 5.51. The van der Waals surface area contributed by atoms with E-state index in [1.54, 1.807) is 6.07 Å². The largest absolute Gasteiger partial charge is 0.372 e. The van der Waals surface area contributed by atoms with Gasteiger partial charge in [0.05, 0.1) is 22.6 Å². The molecule has 1 aromatic carbocycles. The first-order valence-corrected chi connectivity index (χ1v) is 7.55. The summed E-state index contributed by atoms with van der Waals surface area (Å²) in [6.45, 7) is 0.997. The van der Waals surface area contributed by atoms with Crippen molar-refractivity contribution in [3.05, 3.63) is 27.7 Å². The number of likely N-dealkylation sites (N-methyl/N-ethyl adjacent to an activating group) is 1. The summed E-state index contributed by atoms with van der Waals surface area (Å²) in [5, 5.41) is 0.377. The molecule has 1 saturated heterocycles. The number of rotatable bonds is 4. The topological polar surface area (TPSA) is 49.9 Å². The first kappa shape index (κ1) is 13.3. The van der Waals surface area contributed by atoms with Crippen LogP contribution in [-0.4, -0.2) is 39.0 Å². The van der Waals surface area contributed by atoms with Gasteiger partial charge < -0.3 is 4.74 Å². The molecule has 94 valence electrons. The number of halogens is 2. The zero-order chi connectivity index (χ0) is 12.6. The molecular formula is C10H11BrClNO3S. The van der Waals surface area contributed by atoms with E-state index in [0.717, 1.165) is 0 Å². The van der Waals surface area contributed by atoms with Crippen molar-refractivity contribution in [1.82, 2.24) is 4.31 Å². The van der Waals surface area contributed by atoms with Crippen molar-refractivity contribution in [2.75, 3.05) is 20.2 Å². The number of epoxide rings is 1. The highest BCUT2D eigenvalue weighted by Gasteiger charge is 2.30. The average Bonchev–Trinajstić information content (AvgIpc) is 3.05. The van der Waals surface area contributed by atoms with Gasteiger partial charge in [0.25, 0.3) is 0 Å². The van der Waals surface area contributed by atoms with E-state index in [2.05, 4.69) is 15.9 Å². The molecule has 4 nitrogen and oxygen atoms in total. The molecule has 1 unspecified atom stereocenters. The van der Waals surface area contributed by atoms with Gasteiger partial charge in [0.15, 0.2) is 0 Å². The molecule has 17 heavy (non-hydrogen) atoms. The second kappa shape index (κ2) is 4.85. The molecule has 7 heteroatoms. The summed E-state index contributed by atoms with van der Waals surface area (Å²) in [6, 6.07) is 4.58. The van der Waals surface area contributed by atoms with Crippen LogP contribution in [0.4, 0.5) is 0 Å². The molecule has 1 atom stereocenters. The molecule has 0 saturated carbocycles. The standard InChI is InChI=1S/C10H11BrClNO3S/c1-13(5-7-6-16-7)17(14,15)8-2-3-9(11)10(12)4-8/h2-4,7H,5-6H2,1H3. The Bertz CT molecular complexity index is 530. The van der Waals surface area contributed by atoms with Crippen LogP contribution in [0.25, 0.3) is 0 Å². The Labute approximate surface area is 114 Å². The lowest BCUT2D eigenvalue weighted by Crippen LogP contribution is -2.30. The van der Waals surface area contributed by atoms with Crippen molar-refractivity contribution in [3.63, 3.8) is 0 Å². The minimum Gasteiger partial charge on any atom is -0.372 e. The maximum absolute atomic E-state index is 12.2. The van der Waals surface area contributed by atoms with Crippen molar-refractivity contribution in [2.45, 2.75) is 11.0 Å². The third-order valence-electron chi connectivity index (χ3n) is 2.46. The van der Waals surface area contributed by atoms with Crippen molar-refractivity contribution < 1.29 is 13.2 Å². The van der Waals surface area contributed by atoms with Gasteiger partial charge in [-0.3, -0.25) is 0 Å². The second-order valence-electron chi connectivity index (χ2n) is 3.82. The van der Waals surface area contributed by atoms with Gasteiger partial charge in [-0.15, -0.1) is 0 Å². The molecule has 2 rings (SSSR count).